The van der Waals surface area contributed by atoms with E-state index in [0.717, 1.165) is 16.8 Å². The van der Waals surface area contributed by atoms with Crippen LogP contribution in [0.3, 0.4) is 0 Å². The van der Waals surface area contributed by atoms with Gasteiger partial charge >= 0.3 is 0 Å². The molecule has 9 nitrogen and oxygen atoms in total. The molecule has 2 heterocycles. The lowest BCUT2D eigenvalue weighted by atomic mass is 10.1. The molecule has 0 radical (unpaired) electrons. The van der Waals surface area contributed by atoms with Gasteiger partial charge in [0.2, 0.25) is 0 Å². The van der Waals surface area contributed by atoms with Crippen molar-refractivity contribution >= 4 is 22.5 Å². The first kappa shape index (κ1) is 24.2. The van der Waals surface area contributed by atoms with E-state index >= 15 is 0 Å². The number of rotatable bonds is 7. The van der Waals surface area contributed by atoms with Gasteiger partial charge in [0.15, 0.2) is 0 Å². The van der Waals surface area contributed by atoms with Gasteiger partial charge in [-0.25, -0.2) is 5.84 Å². The van der Waals surface area contributed by atoms with Gasteiger partial charge in [-0.2, -0.15) is 0 Å². The van der Waals surface area contributed by atoms with E-state index < -0.39 is 0 Å². The zero-order chi connectivity index (χ0) is 24.8. The standard InChI is InChI=1S/C25H28N8O/c1-4-5-9-18(26)22(23(27)28)24(32-29)31-14-17-13-19-21(16(3)11-12-30-19)25(34)33(17)20-10-7-6-8-15(20)2/h6-8,10-13,26,31-32H,4,14,29H2,1-3H3,(H3,27,28)/b24-22-,26-18?. The Morgan fingerprint density at radius 2 is 1.91 bits per heavy atom. The van der Waals surface area contributed by atoms with E-state index in [1.807, 2.05) is 57.2 Å². The molecule has 34 heavy (non-hydrogen) atoms. The summed E-state index contributed by atoms with van der Waals surface area (Å²) >= 11 is 0. The fraction of sp³-hybridized carbons (Fsp3) is 0.200. The second-order valence-electron chi connectivity index (χ2n) is 7.64. The monoisotopic (exact) mass is 456 g/mol. The first-order valence-corrected chi connectivity index (χ1v) is 10.7. The van der Waals surface area contributed by atoms with E-state index in [4.69, 9.17) is 22.4 Å². The van der Waals surface area contributed by atoms with Crippen molar-refractivity contribution in [2.75, 3.05) is 0 Å². The molecule has 3 aromatic rings. The number of nitrogens with zero attached hydrogens (tertiary/aromatic N) is 2. The summed E-state index contributed by atoms with van der Waals surface area (Å²) < 4.78 is 1.64. The number of aromatic nitrogens is 2. The van der Waals surface area contributed by atoms with Gasteiger partial charge in [-0.3, -0.25) is 25.2 Å². The topological polar surface area (TPSA) is 159 Å². The molecule has 0 amide bonds. The van der Waals surface area contributed by atoms with Gasteiger partial charge in [-0.05, 0) is 49.1 Å². The minimum absolute atomic E-state index is 0.0444. The molecule has 0 bridgehead atoms. The fourth-order valence-corrected chi connectivity index (χ4v) is 3.66. The highest BCUT2D eigenvalue weighted by molar-refractivity contribution is 6.27. The molecule has 0 aliphatic rings. The van der Waals surface area contributed by atoms with Gasteiger partial charge in [0.1, 0.15) is 17.4 Å². The minimum Gasteiger partial charge on any atom is -0.383 e. The van der Waals surface area contributed by atoms with Gasteiger partial charge in [0.05, 0.1) is 28.7 Å². The zero-order valence-corrected chi connectivity index (χ0v) is 19.4. The summed E-state index contributed by atoms with van der Waals surface area (Å²) in [6.45, 7) is 5.82. The molecule has 174 valence electrons. The van der Waals surface area contributed by atoms with Crippen LogP contribution >= 0.6 is 0 Å². The molecule has 0 atom stereocenters. The van der Waals surface area contributed by atoms with Crippen LogP contribution in [0.2, 0.25) is 0 Å². The smallest absolute Gasteiger partial charge is 0.265 e. The second kappa shape index (κ2) is 10.5. The van der Waals surface area contributed by atoms with Crippen LogP contribution in [0.25, 0.3) is 16.6 Å². The van der Waals surface area contributed by atoms with Crippen LogP contribution in [0.1, 0.15) is 30.2 Å². The van der Waals surface area contributed by atoms with E-state index in [1.165, 1.54) is 0 Å². The Kier molecular flexibility index (Phi) is 7.46. The normalized spacial score (nSPS) is 11.3. The Hall–Kier alpha value is -4.42. The third-order valence-electron chi connectivity index (χ3n) is 5.30. The average molecular weight is 457 g/mol. The number of hydrogen-bond donors (Lipinski definition) is 6. The van der Waals surface area contributed by atoms with Crippen LogP contribution < -0.4 is 27.9 Å². The first-order chi connectivity index (χ1) is 16.3. The highest BCUT2D eigenvalue weighted by Gasteiger charge is 2.17. The van der Waals surface area contributed by atoms with Crippen LogP contribution in [-0.2, 0) is 6.54 Å². The quantitative estimate of drug-likeness (QED) is 0.105. The molecule has 8 N–H and O–H groups in total. The van der Waals surface area contributed by atoms with Crippen molar-refractivity contribution in [2.24, 2.45) is 11.6 Å². The van der Waals surface area contributed by atoms with Gasteiger partial charge in [-0.1, -0.05) is 31.0 Å². The Morgan fingerprint density at radius 1 is 1.18 bits per heavy atom. The molecule has 1 aromatic carbocycles. The van der Waals surface area contributed by atoms with E-state index in [1.54, 1.807) is 10.8 Å². The van der Waals surface area contributed by atoms with Crippen LogP contribution in [0, 0.1) is 36.5 Å². The minimum atomic E-state index is -0.358. The number of hydrogen-bond acceptors (Lipinski definition) is 7. The van der Waals surface area contributed by atoms with Crippen LogP contribution in [0.4, 0.5) is 0 Å². The Bertz CT molecular complexity index is 1420. The lowest BCUT2D eigenvalue weighted by Crippen LogP contribution is -2.38. The third-order valence-corrected chi connectivity index (χ3v) is 5.30. The lowest BCUT2D eigenvalue weighted by molar-refractivity contribution is 0.677. The number of nitrogens with two attached hydrogens (primary N) is 2. The molecule has 0 spiro atoms. The first-order valence-electron chi connectivity index (χ1n) is 10.7. The predicted molar refractivity (Wildman–Crippen MR) is 136 cm³/mol. The number of aryl methyl sites for hydroxylation is 2. The molecule has 0 aliphatic heterocycles. The van der Waals surface area contributed by atoms with Gasteiger partial charge in [0, 0.05) is 18.3 Å². The summed E-state index contributed by atoms with van der Waals surface area (Å²) in [6.07, 6.45) is 2.22. The summed E-state index contributed by atoms with van der Waals surface area (Å²) in [5.41, 5.74) is 11.6. The van der Waals surface area contributed by atoms with E-state index in [9.17, 15) is 4.79 Å². The number of benzene rings is 1. The van der Waals surface area contributed by atoms with Gasteiger partial charge in [0.25, 0.3) is 5.56 Å². The summed E-state index contributed by atoms with van der Waals surface area (Å²) in [5.74, 6) is 11.0. The number of hydrazine groups is 1. The van der Waals surface area contributed by atoms with E-state index in [0.29, 0.717) is 23.0 Å². The number of pyridine rings is 2. The molecular formula is C25H28N8O. The maximum absolute atomic E-state index is 13.6. The summed E-state index contributed by atoms with van der Waals surface area (Å²) in [5, 5.41) is 19.8. The number of amidine groups is 1. The fourth-order valence-electron chi connectivity index (χ4n) is 3.66. The summed E-state index contributed by atoms with van der Waals surface area (Å²) in [4.78, 5) is 18.0. The maximum atomic E-state index is 13.6. The molecule has 0 unspecified atom stereocenters. The SMILES string of the molecule is CCC#CC(=N)/C(C(=N)N)=C(/NN)NCc1cc2nccc(C)c2c(=O)n1-c1ccccc1C. The molecule has 2 aromatic heterocycles. The maximum Gasteiger partial charge on any atom is 0.265 e. The molecule has 0 aliphatic carbocycles. The Balaban J connectivity index is 2.18. The lowest BCUT2D eigenvalue weighted by Gasteiger charge is -2.19. The number of fused-ring (bicyclic) bond motifs is 1. The number of para-hydroxylation sites is 1. The number of nitrogens with one attached hydrogen (secondary N) is 4. The zero-order valence-electron chi connectivity index (χ0n) is 19.4. The summed E-state index contributed by atoms with van der Waals surface area (Å²) in [7, 11) is 0. The third kappa shape index (κ3) is 4.82. The van der Waals surface area contributed by atoms with E-state index in [2.05, 4.69) is 27.6 Å². The average Bonchev–Trinajstić information content (AvgIpc) is 2.80. The molecule has 0 saturated heterocycles. The van der Waals surface area contributed by atoms with Crippen molar-refractivity contribution in [3.8, 4) is 17.5 Å². The molecular weight excluding hydrogens is 428 g/mol. The van der Waals surface area contributed by atoms with Crippen LogP contribution in [0.15, 0.2) is 58.8 Å². The van der Waals surface area contributed by atoms with Crippen molar-refractivity contribution in [1.29, 1.82) is 10.8 Å². The van der Waals surface area contributed by atoms with E-state index in [-0.39, 0.29) is 35.0 Å². The molecule has 0 saturated carbocycles. The van der Waals surface area contributed by atoms with Gasteiger partial charge < -0.3 is 16.5 Å². The van der Waals surface area contributed by atoms with Crippen molar-refractivity contribution in [3.05, 3.63) is 81.2 Å². The molecule has 0 fully saturated rings. The van der Waals surface area contributed by atoms with Crippen molar-refractivity contribution in [3.63, 3.8) is 0 Å². The summed E-state index contributed by atoms with van der Waals surface area (Å²) in [6, 6.07) is 11.3. The Morgan fingerprint density at radius 3 is 2.56 bits per heavy atom. The van der Waals surface area contributed by atoms with Crippen molar-refractivity contribution in [2.45, 2.75) is 33.7 Å². The van der Waals surface area contributed by atoms with Gasteiger partial charge in [-0.15, -0.1) is 0 Å². The highest BCUT2D eigenvalue weighted by Crippen LogP contribution is 2.19. The van der Waals surface area contributed by atoms with Crippen molar-refractivity contribution in [1.82, 2.24) is 20.3 Å². The second-order valence-corrected chi connectivity index (χ2v) is 7.64. The largest absolute Gasteiger partial charge is 0.383 e. The molecule has 3 rings (SSSR count). The Labute approximate surface area is 197 Å². The van der Waals surface area contributed by atoms with Crippen LogP contribution in [-0.4, -0.2) is 21.1 Å². The van der Waals surface area contributed by atoms with Crippen LogP contribution in [0.5, 0.6) is 0 Å². The molecule has 9 heteroatoms. The predicted octanol–water partition coefficient (Wildman–Crippen LogP) is 2.14. The highest BCUT2D eigenvalue weighted by atomic mass is 16.1. The van der Waals surface area contributed by atoms with Crippen molar-refractivity contribution < 1.29 is 0 Å².